The van der Waals surface area contributed by atoms with Gasteiger partial charge in [-0.1, -0.05) is 47.5 Å². The summed E-state index contributed by atoms with van der Waals surface area (Å²) in [4.78, 5) is 16.4. The first kappa shape index (κ1) is 21.8. The highest BCUT2D eigenvalue weighted by atomic mass is 35.5. The zero-order valence-electron chi connectivity index (χ0n) is 15.4. The summed E-state index contributed by atoms with van der Waals surface area (Å²) in [5, 5.41) is 4.68. The lowest BCUT2D eigenvalue weighted by atomic mass is 10.2. The largest absolute Gasteiger partial charge is 0.271 e. The van der Waals surface area contributed by atoms with Crippen LogP contribution >= 0.6 is 23.2 Å². The molecular weight excluding hydrogens is 447 g/mol. The summed E-state index contributed by atoms with van der Waals surface area (Å²) in [6.45, 7) is -0.491. The molecule has 3 rings (SSSR count). The van der Waals surface area contributed by atoms with Crippen LogP contribution in [0.25, 0.3) is 0 Å². The molecule has 1 N–H and O–H groups in total. The fraction of sp³-hybridized carbons (Fsp3) is 0.0500. The number of sulfonamides is 1. The number of halogens is 2. The number of carbonyl (C=O) groups excluding carboxylic acids is 1. The van der Waals surface area contributed by atoms with Gasteiger partial charge in [-0.25, -0.2) is 13.8 Å². The number of anilines is 1. The molecule has 0 aliphatic rings. The second-order valence-electron chi connectivity index (χ2n) is 5.99. The fourth-order valence-electron chi connectivity index (χ4n) is 2.48. The average Bonchev–Trinajstić information content (AvgIpc) is 2.75. The fourth-order valence-corrected chi connectivity index (χ4v) is 4.37. The molecule has 0 aliphatic carbocycles. The second-order valence-corrected chi connectivity index (χ2v) is 8.70. The van der Waals surface area contributed by atoms with Crippen LogP contribution < -0.4 is 9.73 Å². The maximum Gasteiger partial charge on any atom is 0.264 e. The van der Waals surface area contributed by atoms with Crippen LogP contribution in [-0.4, -0.2) is 32.1 Å². The molecular formula is C20H16Cl2N4O3S. The number of rotatable bonds is 7. The van der Waals surface area contributed by atoms with E-state index in [4.69, 9.17) is 23.2 Å². The molecule has 0 saturated carbocycles. The zero-order valence-corrected chi connectivity index (χ0v) is 17.8. The summed E-state index contributed by atoms with van der Waals surface area (Å²) in [5.74, 6) is -0.639. The molecule has 3 aromatic rings. The molecule has 30 heavy (non-hydrogen) atoms. The molecule has 0 bridgehead atoms. The van der Waals surface area contributed by atoms with Crippen molar-refractivity contribution in [1.82, 2.24) is 10.4 Å². The van der Waals surface area contributed by atoms with Crippen LogP contribution in [-0.2, 0) is 14.8 Å². The van der Waals surface area contributed by atoms with Gasteiger partial charge in [0.05, 0.1) is 28.0 Å². The van der Waals surface area contributed by atoms with Gasteiger partial charge in [-0.15, -0.1) is 0 Å². The first-order chi connectivity index (χ1) is 14.4. The van der Waals surface area contributed by atoms with E-state index in [1.807, 2.05) is 0 Å². The number of hydrogen-bond acceptors (Lipinski definition) is 5. The number of hydrazone groups is 1. The minimum atomic E-state index is -3.99. The van der Waals surface area contributed by atoms with Gasteiger partial charge in [0.1, 0.15) is 6.54 Å². The van der Waals surface area contributed by atoms with Crippen molar-refractivity contribution in [2.75, 3.05) is 10.8 Å². The van der Waals surface area contributed by atoms with Crippen molar-refractivity contribution in [2.45, 2.75) is 4.90 Å². The minimum absolute atomic E-state index is 0.0538. The summed E-state index contributed by atoms with van der Waals surface area (Å²) in [5.41, 5.74) is 3.10. The number of carbonyl (C=O) groups is 1. The molecule has 0 aliphatic heterocycles. The molecule has 1 heterocycles. The van der Waals surface area contributed by atoms with Gasteiger partial charge in [0.2, 0.25) is 0 Å². The predicted octanol–water partition coefficient (Wildman–Crippen LogP) is 3.73. The van der Waals surface area contributed by atoms with Gasteiger partial charge in [0, 0.05) is 16.8 Å². The van der Waals surface area contributed by atoms with E-state index in [2.05, 4.69) is 15.5 Å². The van der Waals surface area contributed by atoms with E-state index in [1.54, 1.807) is 48.5 Å². The SMILES string of the molecule is O=C(CN(c1cccnc1)S(=O)(=O)c1ccccc1)N/N=C\c1ccc(Cl)cc1Cl. The maximum absolute atomic E-state index is 13.1. The standard InChI is InChI=1S/C20H16Cl2N4O3S/c21-16-9-8-15(19(22)11-16)12-24-25-20(27)14-26(17-5-4-10-23-13-17)30(28,29)18-6-2-1-3-7-18/h1-13H,14H2,(H,25,27)/b24-12-. The van der Waals surface area contributed by atoms with Gasteiger partial charge in [0.15, 0.2) is 0 Å². The highest BCUT2D eigenvalue weighted by Crippen LogP contribution is 2.22. The molecule has 0 atom stereocenters. The van der Waals surface area contributed by atoms with Crippen molar-refractivity contribution < 1.29 is 13.2 Å². The molecule has 10 heteroatoms. The van der Waals surface area contributed by atoms with Gasteiger partial charge in [-0.05, 0) is 36.4 Å². The Morgan fingerprint density at radius 3 is 2.53 bits per heavy atom. The molecule has 0 fully saturated rings. The maximum atomic E-state index is 13.1. The van der Waals surface area contributed by atoms with E-state index >= 15 is 0 Å². The van der Waals surface area contributed by atoms with E-state index in [1.165, 1.54) is 30.7 Å². The number of benzene rings is 2. The third-order valence-corrected chi connectivity index (χ3v) is 6.26. The van der Waals surface area contributed by atoms with E-state index in [0.29, 0.717) is 15.6 Å². The van der Waals surface area contributed by atoms with E-state index in [-0.39, 0.29) is 10.6 Å². The molecule has 154 valence electrons. The number of nitrogens with zero attached hydrogens (tertiary/aromatic N) is 3. The zero-order chi connectivity index (χ0) is 21.6. The first-order valence-electron chi connectivity index (χ1n) is 8.63. The number of nitrogens with one attached hydrogen (secondary N) is 1. The summed E-state index contributed by atoms with van der Waals surface area (Å²) < 4.78 is 27.1. The smallest absolute Gasteiger partial charge is 0.264 e. The Morgan fingerprint density at radius 2 is 1.87 bits per heavy atom. The third kappa shape index (κ3) is 5.35. The van der Waals surface area contributed by atoms with Crippen molar-refractivity contribution >= 4 is 51.0 Å². The Kier molecular flexibility index (Phi) is 7.04. The lowest BCUT2D eigenvalue weighted by Gasteiger charge is -2.23. The molecule has 2 aromatic carbocycles. The Morgan fingerprint density at radius 1 is 1.10 bits per heavy atom. The van der Waals surface area contributed by atoms with Crippen molar-refractivity contribution in [2.24, 2.45) is 5.10 Å². The second kappa shape index (κ2) is 9.71. The van der Waals surface area contributed by atoms with Crippen molar-refractivity contribution in [3.8, 4) is 0 Å². The van der Waals surface area contributed by atoms with Crippen molar-refractivity contribution in [1.29, 1.82) is 0 Å². The lowest BCUT2D eigenvalue weighted by molar-refractivity contribution is -0.119. The number of amides is 1. The monoisotopic (exact) mass is 462 g/mol. The van der Waals surface area contributed by atoms with Gasteiger partial charge >= 0.3 is 0 Å². The molecule has 0 spiro atoms. The third-order valence-electron chi connectivity index (χ3n) is 3.91. The summed E-state index contributed by atoms with van der Waals surface area (Å²) in [6.07, 6.45) is 4.22. The quantitative estimate of drug-likeness (QED) is 0.427. The Labute approximate surface area is 184 Å². The Hall–Kier alpha value is -2.94. The van der Waals surface area contributed by atoms with Crippen LogP contribution in [0.3, 0.4) is 0 Å². The van der Waals surface area contributed by atoms with Crippen LogP contribution in [0.5, 0.6) is 0 Å². The van der Waals surface area contributed by atoms with Crippen LogP contribution in [0.15, 0.2) is 83.1 Å². The van der Waals surface area contributed by atoms with Gasteiger partial charge < -0.3 is 0 Å². The Bertz CT molecular complexity index is 1160. The molecule has 7 nitrogen and oxygen atoms in total. The van der Waals surface area contributed by atoms with Gasteiger partial charge in [-0.2, -0.15) is 5.10 Å². The molecule has 0 radical (unpaired) electrons. The first-order valence-corrected chi connectivity index (χ1v) is 10.8. The predicted molar refractivity (Wildman–Crippen MR) is 117 cm³/mol. The number of aromatic nitrogens is 1. The van der Waals surface area contributed by atoms with E-state index in [9.17, 15) is 13.2 Å². The normalized spacial score (nSPS) is 11.4. The highest BCUT2D eigenvalue weighted by Gasteiger charge is 2.27. The van der Waals surface area contributed by atoms with Crippen molar-refractivity contribution in [3.05, 3.63) is 88.7 Å². The van der Waals surface area contributed by atoms with E-state index in [0.717, 1.165) is 4.31 Å². The van der Waals surface area contributed by atoms with Crippen LogP contribution in [0.1, 0.15) is 5.56 Å². The molecule has 1 aromatic heterocycles. The van der Waals surface area contributed by atoms with Crippen LogP contribution in [0, 0.1) is 0 Å². The van der Waals surface area contributed by atoms with Gasteiger partial charge in [0.25, 0.3) is 15.9 Å². The molecule has 0 saturated heterocycles. The topological polar surface area (TPSA) is 91.7 Å². The molecule has 1 amide bonds. The minimum Gasteiger partial charge on any atom is -0.271 e. The molecule has 0 unspecified atom stereocenters. The summed E-state index contributed by atoms with van der Waals surface area (Å²) >= 11 is 11.9. The number of pyridine rings is 1. The average molecular weight is 463 g/mol. The lowest BCUT2D eigenvalue weighted by Crippen LogP contribution is -2.39. The van der Waals surface area contributed by atoms with Crippen molar-refractivity contribution in [3.63, 3.8) is 0 Å². The summed E-state index contributed by atoms with van der Waals surface area (Å²) in [6, 6.07) is 15.8. The number of hydrogen-bond donors (Lipinski definition) is 1. The Balaban J connectivity index is 1.80. The van der Waals surface area contributed by atoms with Crippen LogP contribution in [0.2, 0.25) is 10.0 Å². The van der Waals surface area contributed by atoms with Gasteiger partial charge in [-0.3, -0.25) is 14.1 Å². The highest BCUT2D eigenvalue weighted by molar-refractivity contribution is 7.92. The summed E-state index contributed by atoms with van der Waals surface area (Å²) in [7, 11) is -3.99. The van der Waals surface area contributed by atoms with E-state index < -0.39 is 22.5 Å². The van der Waals surface area contributed by atoms with Crippen LogP contribution in [0.4, 0.5) is 5.69 Å².